The third-order valence-electron chi connectivity index (χ3n) is 2.77. The van der Waals surface area contributed by atoms with Gasteiger partial charge in [0.05, 0.1) is 18.4 Å². The molecule has 1 N–H and O–H groups in total. The summed E-state index contributed by atoms with van der Waals surface area (Å²) in [6, 6.07) is 10.8. The number of H-pyrrole nitrogens is 1. The van der Waals surface area contributed by atoms with Crippen molar-refractivity contribution < 1.29 is 9.53 Å². The van der Waals surface area contributed by atoms with E-state index in [0.717, 1.165) is 16.8 Å². The molecule has 2 heterocycles. The molecule has 3 rings (SSSR count). The average molecular weight is 254 g/mol. The summed E-state index contributed by atoms with van der Waals surface area (Å²) in [4.78, 5) is 15.9. The molecule has 0 aliphatic heterocycles. The summed E-state index contributed by atoms with van der Waals surface area (Å²) >= 11 is 0. The van der Waals surface area contributed by atoms with E-state index in [1.54, 1.807) is 18.2 Å². The van der Waals surface area contributed by atoms with Gasteiger partial charge < -0.3 is 4.74 Å². The summed E-state index contributed by atoms with van der Waals surface area (Å²) in [5, 5.41) is 10.3. The van der Waals surface area contributed by atoms with E-state index in [1.807, 2.05) is 18.2 Å². The Kier molecular flexibility index (Phi) is 2.68. The number of carbonyl (C=O) groups excluding carboxylic acids is 1. The van der Waals surface area contributed by atoms with E-state index in [1.165, 1.54) is 7.11 Å². The number of aromatic amines is 1. The minimum absolute atomic E-state index is 0.371. The van der Waals surface area contributed by atoms with Crippen molar-refractivity contribution in [1.29, 1.82) is 0 Å². The molecule has 6 nitrogen and oxygen atoms in total. The van der Waals surface area contributed by atoms with Crippen LogP contribution in [0.3, 0.4) is 0 Å². The normalized spacial score (nSPS) is 10.6. The van der Waals surface area contributed by atoms with Crippen molar-refractivity contribution in [3.05, 3.63) is 42.0 Å². The predicted molar refractivity (Wildman–Crippen MR) is 68.5 cm³/mol. The Labute approximate surface area is 108 Å². The third kappa shape index (κ3) is 2.03. The van der Waals surface area contributed by atoms with E-state index in [9.17, 15) is 4.79 Å². The van der Waals surface area contributed by atoms with Gasteiger partial charge in [-0.3, -0.25) is 5.10 Å². The largest absolute Gasteiger partial charge is 0.465 e. The van der Waals surface area contributed by atoms with Crippen LogP contribution in [0.5, 0.6) is 0 Å². The summed E-state index contributed by atoms with van der Waals surface area (Å²) in [5.74, 6) is -0.371. The van der Waals surface area contributed by atoms with E-state index in [2.05, 4.69) is 20.4 Å². The standard InChI is InChI=1S/C13H10N4O2/c1-19-13(18)9-4-2-3-8(7-9)10-5-6-11-12(14-10)16-17-15-11/h2-7H,1H3,(H,14,15,16,17). The van der Waals surface area contributed by atoms with Crippen LogP contribution in [-0.4, -0.2) is 33.5 Å². The topological polar surface area (TPSA) is 80.8 Å². The molecular weight excluding hydrogens is 244 g/mol. The maximum absolute atomic E-state index is 11.5. The summed E-state index contributed by atoms with van der Waals surface area (Å²) in [7, 11) is 1.36. The SMILES string of the molecule is COC(=O)c1cccc(-c2ccc3[nH]nnc3n2)c1. The monoisotopic (exact) mass is 254 g/mol. The Hall–Kier alpha value is -2.76. The quantitative estimate of drug-likeness (QED) is 0.705. The Bertz CT molecular complexity index is 751. The number of nitrogens with one attached hydrogen (secondary N) is 1. The number of esters is 1. The molecule has 0 saturated heterocycles. The number of nitrogens with zero attached hydrogens (tertiary/aromatic N) is 3. The second kappa shape index (κ2) is 4.49. The predicted octanol–water partition coefficient (Wildman–Crippen LogP) is 1.81. The van der Waals surface area contributed by atoms with Gasteiger partial charge in [-0.2, -0.15) is 0 Å². The molecule has 6 heteroatoms. The lowest BCUT2D eigenvalue weighted by Gasteiger charge is -2.03. The lowest BCUT2D eigenvalue weighted by Crippen LogP contribution is -2.00. The van der Waals surface area contributed by atoms with Crippen LogP contribution in [0.1, 0.15) is 10.4 Å². The van der Waals surface area contributed by atoms with Crippen LogP contribution in [0, 0.1) is 0 Å². The Balaban J connectivity index is 2.07. The minimum atomic E-state index is -0.371. The highest BCUT2D eigenvalue weighted by Crippen LogP contribution is 2.20. The molecule has 94 valence electrons. The van der Waals surface area contributed by atoms with Gasteiger partial charge in [-0.15, -0.1) is 5.10 Å². The number of aromatic nitrogens is 4. The molecule has 0 radical (unpaired) electrons. The van der Waals surface area contributed by atoms with Crippen molar-refractivity contribution in [3.8, 4) is 11.3 Å². The number of ether oxygens (including phenoxy) is 1. The van der Waals surface area contributed by atoms with Crippen molar-refractivity contribution in [2.24, 2.45) is 0 Å². The second-order valence-electron chi connectivity index (χ2n) is 3.95. The maximum atomic E-state index is 11.5. The Morgan fingerprint density at radius 3 is 3.00 bits per heavy atom. The molecule has 0 amide bonds. The van der Waals surface area contributed by atoms with Crippen LogP contribution in [0.2, 0.25) is 0 Å². The van der Waals surface area contributed by atoms with Gasteiger partial charge in [0.2, 0.25) is 5.65 Å². The van der Waals surface area contributed by atoms with Crippen molar-refractivity contribution in [2.75, 3.05) is 7.11 Å². The lowest BCUT2D eigenvalue weighted by atomic mass is 10.1. The molecule has 3 aromatic rings. The van der Waals surface area contributed by atoms with Gasteiger partial charge in [0.15, 0.2) is 0 Å². The Morgan fingerprint density at radius 1 is 1.26 bits per heavy atom. The fourth-order valence-electron chi connectivity index (χ4n) is 1.82. The summed E-state index contributed by atoms with van der Waals surface area (Å²) in [6.45, 7) is 0. The van der Waals surface area contributed by atoms with Gasteiger partial charge in [0, 0.05) is 5.56 Å². The van der Waals surface area contributed by atoms with Crippen molar-refractivity contribution in [1.82, 2.24) is 20.4 Å². The molecule has 0 atom stereocenters. The molecule has 0 aliphatic carbocycles. The lowest BCUT2D eigenvalue weighted by molar-refractivity contribution is 0.0601. The number of pyridine rings is 1. The fourth-order valence-corrected chi connectivity index (χ4v) is 1.82. The van der Waals surface area contributed by atoms with Gasteiger partial charge in [-0.1, -0.05) is 17.3 Å². The van der Waals surface area contributed by atoms with Crippen LogP contribution >= 0.6 is 0 Å². The zero-order valence-electron chi connectivity index (χ0n) is 10.1. The molecule has 0 spiro atoms. The third-order valence-corrected chi connectivity index (χ3v) is 2.77. The van der Waals surface area contributed by atoms with Crippen molar-refractivity contribution in [2.45, 2.75) is 0 Å². The summed E-state index contributed by atoms with van der Waals surface area (Å²) in [6.07, 6.45) is 0. The average Bonchev–Trinajstić information content (AvgIpc) is 2.94. The second-order valence-corrected chi connectivity index (χ2v) is 3.95. The van der Waals surface area contributed by atoms with Gasteiger partial charge in [0.25, 0.3) is 0 Å². The van der Waals surface area contributed by atoms with Crippen molar-refractivity contribution in [3.63, 3.8) is 0 Å². The molecule has 0 fully saturated rings. The molecule has 19 heavy (non-hydrogen) atoms. The molecule has 1 aromatic carbocycles. The number of methoxy groups -OCH3 is 1. The first-order valence-corrected chi connectivity index (χ1v) is 5.64. The first kappa shape index (κ1) is 11.3. The zero-order chi connectivity index (χ0) is 13.2. The van der Waals surface area contributed by atoms with Crippen LogP contribution in [-0.2, 0) is 4.74 Å². The van der Waals surface area contributed by atoms with E-state index in [0.29, 0.717) is 11.2 Å². The first-order valence-electron chi connectivity index (χ1n) is 5.64. The molecular formula is C13H10N4O2. The Morgan fingerprint density at radius 2 is 2.16 bits per heavy atom. The smallest absolute Gasteiger partial charge is 0.337 e. The first-order chi connectivity index (χ1) is 9.28. The number of hydrogen-bond donors (Lipinski definition) is 1. The summed E-state index contributed by atoms with van der Waals surface area (Å²) in [5.41, 5.74) is 3.36. The van der Waals surface area contributed by atoms with Crippen LogP contribution in [0.25, 0.3) is 22.4 Å². The zero-order valence-corrected chi connectivity index (χ0v) is 10.1. The number of rotatable bonds is 2. The van der Waals surface area contributed by atoms with Gasteiger partial charge in [-0.25, -0.2) is 9.78 Å². The van der Waals surface area contributed by atoms with E-state index in [4.69, 9.17) is 4.74 Å². The molecule has 0 aliphatic rings. The fraction of sp³-hybridized carbons (Fsp3) is 0.0769. The maximum Gasteiger partial charge on any atom is 0.337 e. The van der Waals surface area contributed by atoms with E-state index in [-0.39, 0.29) is 5.97 Å². The van der Waals surface area contributed by atoms with Crippen LogP contribution < -0.4 is 0 Å². The summed E-state index contributed by atoms with van der Waals surface area (Å²) < 4.78 is 4.70. The number of hydrogen-bond acceptors (Lipinski definition) is 5. The molecule has 0 saturated carbocycles. The molecule has 2 aromatic heterocycles. The van der Waals surface area contributed by atoms with Crippen LogP contribution in [0.15, 0.2) is 36.4 Å². The van der Waals surface area contributed by atoms with Crippen LogP contribution in [0.4, 0.5) is 0 Å². The van der Waals surface area contributed by atoms with E-state index >= 15 is 0 Å². The molecule has 0 unspecified atom stereocenters. The highest BCUT2D eigenvalue weighted by molar-refractivity contribution is 5.91. The number of carbonyl (C=O) groups is 1. The molecule has 0 bridgehead atoms. The highest BCUT2D eigenvalue weighted by Gasteiger charge is 2.08. The van der Waals surface area contributed by atoms with Crippen molar-refractivity contribution >= 4 is 17.1 Å². The number of benzene rings is 1. The van der Waals surface area contributed by atoms with Gasteiger partial charge >= 0.3 is 5.97 Å². The van der Waals surface area contributed by atoms with Gasteiger partial charge in [-0.05, 0) is 24.3 Å². The minimum Gasteiger partial charge on any atom is -0.465 e. The van der Waals surface area contributed by atoms with Gasteiger partial charge in [0.1, 0.15) is 5.52 Å². The van der Waals surface area contributed by atoms with E-state index < -0.39 is 0 Å². The highest BCUT2D eigenvalue weighted by atomic mass is 16.5. The number of fused-ring (bicyclic) bond motifs is 1.